The van der Waals surface area contributed by atoms with Gasteiger partial charge in [0.15, 0.2) is 0 Å². The molecule has 1 amide bonds. The number of hydrogen-bond donors (Lipinski definition) is 2. The van der Waals surface area contributed by atoms with E-state index in [1.807, 2.05) is 13.8 Å². The van der Waals surface area contributed by atoms with Crippen LogP contribution in [0.1, 0.15) is 13.8 Å². The van der Waals surface area contributed by atoms with Crippen LogP contribution in [0.4, 0.5) is 10.1 Å². The van der Waals surface area contributed by atoms with Crippen LogP contribution in [-0.4, -0.2) is 42.5 Å². The lowest BCUT2D eigenvalue weighted by molar-refractivity contribution is -0.126. The Labute approximate surface area is 123 Å². The molecule has 1 aliphatic heterocycles. The smallest absolute Gasteiger partial charge is 0.244 e. The summed E-state index contributed by atoms with van der Waals surface area (Å²) >= 11 is 5.83. The van der Waals surface area contributed by atoms with Gasteiger partial charge in [-0.1, -0.05) is 11.6 Å². The number of halogens is 2. The Balaban J connectivity index is 2.11. The normalized spacial score (nSPS) is 17.0. The van der Waals surface area contributed by atoms with E-state index >= 15 is 0 Å². The predicted molar refractivity (Wildman–Crippen MR) is 78.6 cm³/mol. The Morgan fingerprint density at radius 2 is 2.05 bits per heavy atom. The van der Waals surface area contributed by atoms with Gasteiger partial charge in [-0.05, 0) is 32.0 Å². The van der Waals surface area contributed by atoms with Crippen LogP contribution in [0, 0.1) is 5.82 Å². The number of amides is 1. The predicted octanol–water partition coefficient (Wildman–Crippen LogP) is 2.10. The first-order valence-corrected chi connectivity index (χ1v) is 7.01. The second-order valence-electron chi connectivity index (χ2n) is 5.37. The summed E-state index contributed by atoms with van der Waals surface area (Å²) in [5.41, 5.74) is -0.581. The highest BCUT2D eigenvalue weighted by atomic mass is 35.5. The molecular formula is C14H19ClFN3O. The Morgan fingerprint density at radius 3 is 2.70 bits per heavy atom. The SMILES string of the molecule is CC(C)(C(=O)Nc1cc(Cl)ccc1F)N1CCNCC1. The Hall–Kier alpha value is -1.17. The van der Waals surface area contributed by atoms with Gasteiger partial charge < -0.3 is 10.6 Å². The number of carbonyl (C=O) groups is 1. The maximum Gasteiger partial charge on any atom is 0.244 e. The second kappa shape index (κ2) is 6.08. The maximum atomic E-state index is 13.7. The van der Waals surface area contributed by atoms with Crippen LogP contribution < -0.4 is 10.6 Å². The Kier molecular flexibility index (Phi) is 4.62. The third-order valence-corrected chi connectivity index (χ3v) is 3.87. The Morgan fingerprint density at radius 1 is 1.40 bits per heavy atom. The highest BCUT2D eigenvalue weighted by molar-refractivity contribution is 6.30. The van der Waals surface area contributed by atoms with Gasteiger partial charge in [-0.3, -0.25) is 9.69 Å². The van der Waals surface area contributed by atoms with Gasteiger partial charge >= 0.3 is 0 Å². The molecule has 1 heterocycles. The number of rotatable bonds is 3. The van der Waals surface area contributed by atoms with Crippen molar-refractivity contribution in [2.45, 2.75) is 19.4 Å². The van der Waals surface area contributed by atoms with Gasteiger partial charge in [0, 0.05) is 31.2 Å². The lowest BCUT2D eigenvalue weighted by atomic mass is 10.0. The van der Waals surface area contributed by atoms with E-state index in [-0.39, 0.29) is 11.6 Å². The average Bonchev–Trinajstić information content (AvgIpc) is 2.43. The molecule has 1 saturated heterocycles. The molecule has 110 valence electrons. The van der Waals surface area contributed by atoms with Crippen molar-refractivity contribution < 1.29 is 9.18 Å². The van der Waals surface area contributed by atoms with E-state index in [2.05, 4.69) is 15.5 Å². The molecule has 1 aliphatic rings. The van der Waals surface area contributed by atoms with Crippen LogP contribution in [0.25, 0.3) is 0 Å². The lowest BCUT2D eigenvalue weighted by Crippen LogP contribution is -2.58. The van der Waals surface area contributed by atoms with Crippen LogP contribution in [0.3, 0.4) is 0 Å². The van der Waals surface area contributed by atoms with Gasteiger partial charge in [-0.2, -0.15) is 0 Å². The monoisotopic (exact) mass is 299 g/mol. The number of benzene rings is 1. The number of nitrogens with one attached hydrogen (secondary N) is 2. The fraction of sp³-hybridized carbons (Fsp3) is 0.500. The lowest BCUT2D eigenvalue weighted by Gasteiger charge is -2.39. The molecule has 4 nitrogen and oxygen atoms in total. The van der Waals surface area contributed by atoms with Gasteiger partial charge in [-0.15, -0.1) is 0 Å². The summed E-state index contributed by atoms with van der Waals surface area (Å²) in [6.07, 6.45) is 0. The zero-order valence-electron chi connectivity index (χ0n) is 11.7. The zero-order chi connectivity index (χ0) is 14.8. The third kappa shape index (κ3) is 3.29. The third-order valence-electron chi connectivity index (χ3n) is 3.64. The Bertz CT molecular complexity index is 501. The summed E-state index contributed by atoms with van der Waals surface area (Å²) in [4.78, 5) is 14.5. The summed E-state index contributed by atoms with van der Waals surface area (Å²) < 4.78 is 13.7. The molecule has 0 unspecified atom stereocenters. The van der Waals surface area contributed by atoms with Crippen molar-refractivity contribution in [2.75, 3.05) is 31.5 Å². The summed E-state index contributed by atoms with van der Waals surface area (Å²) in [5.74, 6) is -0.723. The van der Waals surface area contributed by atoms with Gasteiger partial charge in [0.05, 0.1) is 11.2 Å². The topological polar surface area (TPSA) is 44.4 Å². The first-order chi connectivity index (χ1) is 9.41. The molecule has 1 fully saturated rings. The molecule has 0 aromatic heterocycles. The maximum absolute atomic E-state index is 13.7. The molecule has 20 heavy (non-hydrogen) atoms. The summed E-state index contributed by atoms with van der Waals surface area (Å²) in [6, 6.07) is 4.12. The average molecular weight is 300 g/mol. The van der Waals surface area contributed by atoms with Crippen molar-refractivity contribution in [1.82, 2.24) is 10.2 Å². The summed E-state index contributed by atoms with van der Waals surface area (Å²) in [5, 5.41) is 6.26. The van der Waals surface area contributed by atoms with E-state index in [9.17, 15) is 9.18 Å². The highest BCUT2D eigenvalue weighted by Gasteiger charge is 2.35. The number of nitrogens with zero attached hydrogens (tertiary/aromatic N) is 1. The van der Waals surface area contributed by atoms with Crippen molar-refractivity contribution in [1.29, 1.82) is 0 Å². The second-order valence-corrected chi connectivity index (χ2v) is 5.81. The molecule has 0 bridgehead atoms. The number of piperazine rings is 1. The van der Waals surface area contributed by atoms with Crippen LogP contribution in [-0.2, 0) is 4.79 Å². The van der Waals surface area contributed by atoms with Gasteiger partial charge in [0.2, 0.25) is 5.91 Å². The standard InChI is InChI=1S/C14H19ClFN3O/c1-14(2,19-7-5-17-6-8-19)13(20)18-12-9-10(15)3-4-11(12)16/h3-4,9,17H,5-8H2,1-2H3,(H,18,20). The molecule has 0 spiro atoms. The van der Waals surface area contributed by atoms with E-state index in [0.29, 0.717) is 5.02 Å². The molecule has 0 aliphatic carbocycles. The molecule has 0 saturated carbocycles. The van der Waals surface area contributed by atoms with Gasteiger partial charge in [0.1, 0.15) is 5.82 Å². The number of hydrogen-bond acceptors (Lipinski definition) is 3. The molecule has 2 rings (SSSR count). The van der Waals surface area contributed by atoms with Crippen LogP contribution in [0.15, 0.2) is 18.2 Å². The number of anilines is 1. The van der Waals surface area contributed by atoms with Gasteiger partial charge in [0.25, 0.3) is 0 Å². The molecule has 0 radical (unpaired) electrons. The minimum absolute atomic E-state index is 0.116. The van der Waals surface area contributed by atoms with Crippen molar-refractivity contribution in [2.24, 2.45) is 0 Å². The van der Waals surface area contributed by atoms with Crippen molar-refractivity contribution in [3.8, 4) is 0 Å². The summed E-state index contributed by atoms with van der Waals surface area (Å²) in [7, 11) is 0. The van der Waals surface area contributed by atoms with E-state index in [1.165, 1.54) is 18.2 Å². The van der Waals surface area contributed by atoms with E-state index in [1.54, 1.807) is 0 Å². The molecule has 1 aromatic rings. The van der Waals surface area contributed by atoms with Crippen molar-refractivity contribution >= 4 is 23.2 Å². The van der Waals surface area contributed by atoms with E-state index in [0.717, 1.165) is 26.2 Å². The molecule has 0 atom stereocenters. The molecule has 2 N–H and O–H groups in total. The van der Waals surface area contributed by atoms with Crippen LogP contribution >= 0.6 is 11.6 Å². The van der Waals surface area contributed by atoms with Crippen LogP contribution in [0.2, 0.25) is 5.02 Å². The van der Waals surface area contributed by atoms with Crippen LogP contribution in [0.5, 0.6) is 0 Å². The highest BCUT2D eigenvalue weighted by Crippen LogP contribution is 2.23. The van der Waals surface area contributed by atoms with Crippen molar-refractivity contribution in [3.63, 3.8) is 0 Å². The molecular weight excluding hydrogens is 281 g/mol. The molecule has 1 aromatic carbocycles. The quantitative estimate of drug-likeness (QED) is 0.898. The van der Waals surface area contributed by atoms with Crippen molar-refractivity contribution in [3.05, 3.63) is 29.0 Å². The van der Waals surface area contributed by atoms with E-state index in [4.69, 9.17) is 11.6 Å². The zero-order valence-corrected chi connectivity index (χ0v) is 12.4. The number of carbonyl (C=O) groups excluding carboxylic acids is 1. The minimum Gasteiger partial charge on any atom is -0.322 e. The molecule has 6 heteroatoms. The minimum atomic E-state index is -0.698. The largest absolute Gasteiger partial charge is 0.322 e. The first-order valence-electron chi connectivity index (χ1n) is 6.63. The summed E-state index contributed by atoms with van der Waals surface area (Å²) in [6.45, 7) is 6.97. The first kappa shape index (κ1) is 15.2. The fourth-order valence-electron chi connectivity index (χ4n) is 2.24. The fourth-order valence-corrected chi connectivity index (χ4v) is 2.41. The van der Waals surface area contributed by atoms with Gasteiger partial charge in [-0.25, -0.2) is 4.39 Å². The van der Waals surface area contributed by atoms with E-state index < -0.39 is 11.4 Å².